The molecular weight excluding hydrogens is 238 g/mol. The second-order valence-electron chi connectivity index (χ2n) is 3.14. The van der Waals surface area contributed by atoms with Crippen molar-refractivity contribution in [1.82, 2.24) is 4.90 Å². The standard InChI is InChI=1S/C8H13NO8/c10-2-4(7(14)15)9(1-6(12)13)5(3-11)8(16)17/h4-5,10-11H,1-3H2,(H,12,13)(H,14,15)(H,16,17). The molecule has 0 aliphatic heterocycles. The van der Waals surface area contributed by atoms with Gasteiger partial charge in [0.1, 0.15) is 12.1 Å². The first kappa shape index (κ1) is 15.3. The molecule has 0 saturated carbocycles. The molecule has 0 aromatic rings. The number of aliphatic hydroxyl groups excluding tert-OH is 2. The van der Waals surface area contributed by atoms with E-state index in [1.807, 2.05) is 0 Å². The molecule has 2 atom stereocenters. The molecule has 98 valence electrons. The van der Waals surface area contributed by atoms with E-state index in [0.717, 1.165) is 0 Å². The SMILES string of the molecule is O=C(O)CN(C(CO)C(=O)O)C(CO)C(=O)O. The predicted octanol–water partition coefficient (Wildman–Crippen LogP) is -2.74. The van der Waals surface area contributed by atoms with Gasteiger partial charge >= 0.3 is 17.9 Å². The van der Waals surface area contributed by atoms with Gasteiger partial charge in [-0.3, -0.25) is 19.3 Å². The Balaban J connectivity index is 5.14. The van der Waals surface area contributed by atoms with Crippen molar-refractivity contribution in [3.8, 4) is 0 Å². The first-order valence-corrected chi connectivity index (χ1v) is 4.50. The van der Waals surface area contributed by atoms with Crippen LogP contribution in [0.4, 0.5) is 0 Å². The van der Waals surface area contributed by atoms with Crippen LogP contribution in [-0.4, -0.2) is 80.2 Å². The van der Waals surface area contributed by atoms with Gasteiger partial charge in [0.25, 0.3) is 0 Å². The molecule has 0 aliphatic rings. The minimum absolute atomic E-state index is 0.493. The maximum absolute atomic E-state index is 10.7. The van der Waals surface area contributed by atoms with E-state index in [1.165, 1.54) is 0 Å². The summed E-state index contributed by atoms with van der Waals surface area (Å²) in [5.74, 6) is -4.62. The maximum Gasteiger partial charge on any atom is 0.323 e. The smallest absolute Gasteiger partial charge is 0.323 e. The third kappa shape index (κ3) is 4.34. The topological polar surface area (TPSA) is 156 Å². The van der Waals surface area contributed by atoms with E-state index in [0.29, 0.717) is 4.90 Å². The van der Waals surface area contributed by atoms with Crippen molar-refractivity contribution in [2.24, 2.45) is 0 Å². The second-order valence-corrected chi connectivity index (χ2v) is 3.14. The normalized spacial score (nSPS) is 14.3. The summed E-state index contributed by atoms with van der Waals surface area (Å²) in [5.41, 5.74) is 0. The van der Waals surface area contributed by atoms with Gasteiger partial charge in [-0.1, -0.05) is 0 Å². The van der Waals surface area contributed by atoms with E-state index in [-0.39, 0.29) is 0 Å². The van der Waals surface area contributed by atoms with Crippen molar-refractivity contribution in [2.45, 2.75) is 12.1 Å². The first-order valence-electron chi connectivity index (χ1n) is 4.50. The first-order chi connectivity index (χ1) is 7.84. The van der Waals surface area contributed by atoms with Crippen molar-refractivity contribution in [3.63, 3.8) is 0 Å². The number of hydrogen-bond acceptors (Lipinski definition) is 6. The van der Waals surface area contributed by atoms with E-state index in [1.54, 1.807) is 0 Å². The van der Waals surface area contributed by atoms with Gasteiger partial charge in [0.15, 0.2) is 0 Å². The van der Waals surface area contributed by atoms with Gasteiger partial charge < -0.3 is 25.5 Å². The third-order valence-electron chi connectivity index (χ3n) is 2.03. The second kappa shape index (κ2) is 6.78. The van der Waals surface area contributed by atoms with Gasteiger partial charge in [0, 0.05) is 0 Å². The van der Waals surface area contributed by atoms with Gasteiger partial charge in [-0.05, 0) is 0 Å². The molecule has 0 aliphatic carbocycles. The summed E-state index contributed by atoms with van der Waals surface area (Å²) in [5, 5.41) is 43.6. The average molecular weight is 251 g/mol. The minimum atomic E-state index is -1.71. The number of carbonyl (C=O) groups is 3. The summed E-state index contributed by atoms with van der Waals surface area (Å²) < 4.78 is 0. The van der Waals surface area contributed by atoms with Crippen molar-refractivity contribution in [3.05, 3.63) is 0 Å². The lowest BCUT2D eigenvalue weighted by molar-refractivity contribution is -0.156. The Morgan fingerprint density at radius 3 is 1.41 bits per heavy atom. The largest absolute Gasteiger partial charge is 0.480 e. The number of nitrogens with zero attached hydrogens (tertiary/aromatic N) is 1. The van der Waals surface area contributed by atoms with Gasteiger partial charge in [0.05, 0.1) is 19.8 Å². The molecule has 5 N–H and O–H groups in total. The number of aliphatic carboxylic acids is 3. The Kier molecular flexibility index (Phi) is 6.10. The van der Waals surface area contributed by atoms with Crippen LogP contribution in [0, 0.1) is 0 Å². The molecule has 0 aromatic carbocycles. The lowest BCUT2D eigenvalue weighted by Crippen LogP contribution is -2.55. The summed E-state index contributed by atoms with van der Waals surface area (Å²) in [6.07, 6.45) is 0. The lowest BCUT2D eigenvalue weighted by Gasteiger charge is -2.30. The van der Waals surface area contributed by atoms with Crippen LogP contribution < -0.4 is 0 Å². The molecule has 17 heavy (non-hydrogen) atoms. The Labute approximate surface area is 95.5 Å². The van der Waals surface area contributed by atoms with Crippen molar-refractivity contribution in [2.75, 3.05) is 19.8 Å². The van der Waals surface area contributed by atoms with Crippen LogP contribution in [0.1, 0.15) is 0 Å². The highest BCUT2D eigenvalue weighted by Gasteiger charge is 2.35. The fourth-order valence-corrected chi connectivity index (χ4v) is 1.24. The van der Waals surface area contributed by atoms with Crippen LogP contribution in [0.5, 0.6) is 0 Å². The molecule has 0 heterocycles. The third-order valence-corrected chi connectivity index (χ3v) is 2.03. The van der Waals surface area contributed by atoms with Crippen LogP contribution in [0.25, 0.3) is 0 Å². The molecule has 0 amide bonds. The molecule has 2 unspecified atom stereocenters. The fourth-order valence-electron chi connectivity index (χ4n) is 1.24. The molecule has 0 saturated heterocycles. The predicted molar refractivity (Wildman–Crippen MR) is 51.4 cm³/mol. The summed E-state index contributed by atoms with van der Waals surface area (Å²) in [6.45, 7) is -2.85. The molecule has 0 rings (SSSR count). The van der Waals surface area contributed by atoms with E-state index in [9.17, 15) is 14.4 Å². The minimum Gasteiger partial charge on any atom is -0.480 e. The van der Waals surface area contributed by atoms with E-state index in [4.69, 9.17) is 25.5 Å². The van der Waals surface area contributed by atoms with E-state index in [2.05, 4.69) is 0 Å². The van der Waals surface area contributed by atoms with Gasteiger partial charge in [-0.2, -0.15) is 0 Å². The number of carboxylic acid groups (broad SMARTS) is 3. The quantitative estimate of drug-likeness (QED) is 0.309. The van der Waals surface area contributed by atoms with Crippen LogP contribution in [-0.2, 0) is 14.4 Å². The molecule has 0 radical (unpaired) electrons. The highest BCUT2D eigenvalue weighted by Crippen LogP contribution is 2.07. The molecule has 0 fully saturated rings. The number of hydrogen-bond donors (Lipinski definition) is 5. The number of carboxylic acids is 3. The summed E-state index contributed by atoms with van der Waals surface area (Å²) in [7, 11) is 0. The Bertz CT molecular complexity index is 282. The lowest BCUT2D eigenvalue weighted by atomic mass is 10.1. The van der Waals surface area contributed by atoms with Gasteiger partial charge in [-0.15, -0.1) is 0 Å². The molecule has 9 nitrogen and oxygen atoms in total. The fraction of sp³-hybridized carbons (Fsp3) is 0.625. The summed E-state index contributed by atoms with van der Waals surface area (Å²) in [4.78, 5) is 32.5. The number of rotatable bonds is 8. The Morgan fingerprint density at radius 2 is 1.24 bits per heavy atom. The zero-order valence-corrected chi connectivity index (χ0v) is 8.68. The maximum atomic E-state index is 10.7. The number of aliphatic hydroxyl groups is 2. The summed E-state index contributed by atoms with van der Waals surface area (Å²) >= 11 is 0. The van der Waals surface area contributed by atoms with E-state index >= 15 is 0 Å². The van der Waals surface area contributed by atoms with Crippen molar-refractivity contribution in [1.29, 1.82) is 0 Å². The van der Waals surface area contributed by atoms with Crippen LogP contribution in [0.15, 0.2) is 0 Å². The Hall–Kier alpha value is -1.71. The van der Waals surface area contributed by atoms with Crippen LogP contribution >= 0.6 is 0 Å². The van der Waals surface area contributed by atoms with Crippen LogP contribution in [0.3, 0.4) is 0 Å². The zero-order chi connectivity index (χ0) is 13.6. The zero-order valence-electron chi connectivity index (χ0n) is 8.68. The average Bonchev–Trinajstić information content (AvgIpc) is 2.17. The Morgan fingerprint density at radius 1 is 0.882 bits per heavy atom. The summed E-state index contributed by atoms with van der Waals surface area (Å²) in [6, 6.07) is -3.42. The molecule has 0 bridgehead atoms. The van der Waals surface area contributed by atoms with Gasteiger partial charge in [0.2, 0.25) is 0 Å². The monoisotopic (exact) mass is 251 g/mol. The molecule has 0 spiro atoms. The van der Waals surface area contributed by atoms with E-state index < -0.39 is 49.8 Å². The van der Waals surface area contributed by atoms with Gasteiger partial charge in [-0.25, -0.2) is 0 Å². The molecule has 0 aromatic heterocycles. The van der Waals surface area contributed by atoms with Crippen LogP contribution in [0.2, 0.25) is 0 Å². The highest BCUT2D eigenvalue weighted by molar-refractivity contribution is 5.79. The van der Waals surface area contributed by atoms with Crippen molar-refractivity contribution >= 4 is 17.9 Å². The molecule has 9 heteroatoms. The highest BCUT2D eigenvalue weighted by atomic mass is 16.4. The molecular formula is C8H13NO8. The van der Waals surface area contributed by atoms with Crippen molar-refractivity contribution < 1.29 is 39.9 Å².